The lowest BCUT2D eigenvalue weighted by atomic mass is 9.95. The van der Waals surface area contributed by atoms with E-state index in [2.05, 4.69) is 11.8 Å². The molecule has 0 amide bonds. The fourth-order valence-corrected chi connectivity index (χ4v) is 2.94. The first-order valence-electron chi connectivity index (χ1n) is 6.79. The van der Waals surface area contributed by atoms with Gasteiger partial charge in [0, 0.05) is 12.5 Å². The second-order valence-corrected chi connectivity index (χ2v) is 5.30. The van der Waals surface area contributed by atoms with Gasteiger partial charge in [-0.15, -0.1) is 0 Å². The molecule has 1 heterocycles. The maximum atomic E-state index is 13.3. The van der Waals surface area contributed by atoms with E-state index in [0.717, 1.165) is 25.1 Å². The van der Waals surface area contributed by atoms with Crippen LogP contribution in [0.3, 0.4) is 0 Å². The number of hydrogen-bond acceptors (Lipinski definition) is 2. The zero-order chi connectivity index (χ0) is 13.8. The second-order valence-electron chi connectivity index (χ2n) is 5.30. The number of carbonyl (C=O) groups is 1. The zero-order valence-electron chi connectivity index (χ0n) is 11.2. The Morgan fingerprint density at radius 1 is 1.53 bits per heavy atom. The molecule has 0 unspecified atom stereocenters. The highest BCUT2D eigenvalue weighted by Gasteiger charge is 2.32. The molecular weight excluding hydrogens is 245 g/mol. The first-order chi connectivity index (χ1) is 9.08. The molecular formula is C15H20FNO2. The van der Waals surface area contributed by atoms with Gasteiger partial charge in [-0.1, -0.05) is 19.1 Å². The van der Waals surface area contributed by atoms with Crippen molar-refractivity contribution in [3.8, 4) is 0 Å². The van der Waals surface area contributed by atoms with Crippen molar-refractivity contribution >= 4 is 5.97 Å². The lowest BCUT2D eigenvalue weighted by molar-refractivity contribution is -0.137. The monoisotopic (exact) mass is 265 g/mol. The van der Waals surface area contributed by atoms with Crippen molar-refractivity contribution in [3.05, 3.63) is 35.6 Å². The smallest absolute Gasteiger partial charge is 0.303 e. The summed E-state index contributed by atoms with van der Waals surface area (Å²) in [5.74, 6) is -0.483. The lowest BCUT2D eigenvalue weighted by Crippen LogP contribution is -2.26. The lowest BCUT2D eigenvalue weighted by Gasteiger charge is -2.27. The highest BCUT2D eigenvalue weighted by Crippen LogP contribution is 2.37. The van der Waals surface area contributed by atoms with E-state index in [1.165, 1.54) is 6.07 Å². The molecule has 0 aromatic heterocycles. The van der Waals surface area contributed by atoms with Gasteiger partial charge < -0.3 is 5.11 Å². The van der Waals surface area contributed by atoms with Crippen LogP contribution < -0.4 is 0 Å². The Morgan fingerprint density at radius 2 is 2.32 bits per heavy atom. The minimum absolute atomic E-state index is 0.195. The van der Waals surface area contributed by atoms with Crippen LogP contribution in [0, 0.1) is 11.7 Å². The molecule has 0 aliphatic carbocycles. The van der Waals surface area contributed by atoms with Crippen molar-refractivity contribution in [2.75, 3.05) is 13.1 Å². The van der Waals surface area contributed by atoms with Gasteiger partial charge in [0.05, 0.1) is 0 Å². The van der Waals surface area contributed by atoms with Gasteiger partial charge in [-0.2, -0.15) is 0 Å². The molecule has 104 valence electrons. The van der Waals surface area contributed by atoms with Gasteiger partial charge in [-0.3, -0.25) is 9.69 Å². The maximum absolute atomic E-state index is 13.3. The van der Waals surface area contributed by atoms with E-state index in [-0.39, 0.29) is 18.3 Å². The average molecular weight is 265 g/mol. The number of carboxylic acid groups (broad SMARTS) is 1. The number of hydrogen-bond donors (Lipinski definition) is 1. The Balaban J connectivity index is 2.05. The van der Waals surface area contributed by atoms with Crippen molar-refractivity contribution in [2.45, 2.75) is 32.2 Å². The summed E-state index contributed by atoms with van der Waals surface area (Å²) < 4.78 is 13.3. The molecule has 0 spiro atoms. The van der Waals surface area contributed by atoms with E-state index in [1.54, 1.807) is 12.1 Å². The summed E-state index contributed by atoms with van der Waals surface area (Å²) in [5.41, 5.74) is 1.00. The van der Waals surface area contributed by atoms with Gasteiger partial charge in [0.25, 0.3) is 0 Å². The third kappa shape index (κ3) is 3.53. The Hall–Kier alpha value is -1.42. The van der Waals surface area contributed by atoms with Gasteiger partial charge in [-0.05, 0) is 49.5 Å². The summed E-state index contributed by atoms with van der Waals surface area (Å²) in [6, 6.07) is 6.96. The summed E-state index contributed by atoms with van der Waals surface area (Å²) >= 11 is 0. The fourth-order valence-electron chi connectivity index (χ4n) is 2.94. The van der Waals surface area contributed by atoms with Crippen molar-refractivity contribution in [2.24, 2.45) is 5.92 Å². The fraction of sp³-hybridized carbons (Fsp3) is 0.533. The Bertz CT molecular complexity index is 450. The normalized spacial score (nSPS) is 23.7. The van der Waals surface area contributed by atoms with Crippen molar-refractivity contribution in [1.82, 2.24) is 4.90 Å². The molecule has 1 saturated heterocycles. The van der Waals surface area contributed by atoms with Gasteiger partial charge in [0.15, 0.2) is 0 Å². The zero-order valence-corrected chi connectivity index (χ0v) is 11.2. The Labute approximate surface area is 113 Å². The van der Waals surface area contributed by atoms with E-state index in [9.17, 15) is 9.18 Å². The largest absolute Gasteiger partial charge is 0.481 e. The maximum Gasteiger partial charge on any atom is 0.303 e. The summed E-state index contributed by atoms with van der Waals surface area (Å²) in [5, 5.41) is 8.69. The minimum Gasteiger partial charge on any atom is -0.481 e. The molecule has 1 aromatic rings. The molecule has 1 aliphatic heterocycles. The molecule has 3 nitrogen and oxygen atoms in total. The van der Waals surface area contributed by atoms with Crippen molar-refractivity contribution in [3.63, 3.8) is 0 Å². The molecule has 1 N–H and O–H groups in total. The quantitative estimate of drug-likeness (QED) is 0.889. The average Bonchev–Trinajstić information content (AvgIpc) is 2.70. The number of benzene rings is 1. The molecule has 19 heavy (non-hydrogen) atoms. The molecule has 0 radical (unpaired) electrons. The third-order valence-electron chi connectivity index (χ3n) is 3.83. The predicted molar refractivity (Wildman–Crippen MR) is 71.4 cm³/mol. The van der Waals surface area contributed by atoms with Crippen molar-refractivity contribution in [1.29, 1.82) is 0 Å². The number of likely N-dealkylation sites (tertiary alicyclic amines) is 1. The van der Waals surface area contributed by atoms with E-state index in [4.69, 9.17) is 5.11 Å². The summed E-state index contributed by atoms with van der Waals surface area (Å²) in [7, 11) is 0. The molecule has 0 saturated carbocycles. The van der Waals surface area contributed by atoms with Gasteiger partial charge >= 0.3 is 5.97 Å². The van der Waals surface area contributed by atoms with Gasteiger partial charge in [0.2, 0.25) is 0 Å². The molecule has 1 aromatic carbocycles. The van der Waals surface area contributed by atoms with Crippen LogP contribution in [0.5, 0.6) is 0 Å². The summed E-state index contributed by atoms with van der Waals surface area (Å²) in [6.07, 6.45) is 1.92. The molecule has 0 bridgehead atoms. The van der Waals surface area contributed by atoms with E-state index in [1.807, 2.05) is 6.07 Å². The number of carboxylic acids is 1. The first-order valence-corrected chi connectivity index (χ1v) is 6.79. The summed E-state index contributed by atoms with van der Waals surface area (Å²) in [4.78, 5) is 12.8. The van der Waals surface area contributed by atoms with Crippen LogP contribution in [0.2, 0.25) is 0 Å². The van der Waals surface area contributed by atoms with Crippen LogP contribution in [0.25, 0.3) is 0 Å². The number of halogens is 1. The number of rotatable bonds is 5. The number of aliphatic carboxylic acids is 1. The van der Waals surface area contributed by atoms with E-state index < -0.39 is 5.97 Å². The number of nitrogens with zero attached hydrogens (tertiary/aromatic N) is 1. The predicted octanol–water partition coefficient (Wildman–Crippen LogP) is 3.07. The van der Waals surface area contributed by atoms with Crippen LogP contribution in [0.1, 0.15) is 37.8 Å². The highest BCUT2D eigenvalue weighted by atomic mass is 19.1. The summed E-state index contributed by atoms with van der Waals surface area (Å²) in [6.45, 7) is 3.90. The molecule has 2 atom stereocenters. The second kappa shape index (κ2) is 6.15. The standard InChI is InChI=1S/C15H20FNO2/c1-11-7-9-17(8-3-6-14(18)19)15(11)12-4-2-5-13(16)10-12/h2,4-5,10-11,15H,3,6-9H2,1H3,(H,18,19)/t11-,15+/m1/s1. The van der Waals surface area contributed by atoms with Gasteiger partial charge in [0.1, 0.15) is 5.82 Å². The van der Waals surface area contributed by atoms with E-state index in [0.29, 0.717) is 12.3 Å². The van der Waals surface area contributed by atoms with Crippen LogP contribution >= 0.6 is 0 Å². The van der Waals surface area contributed by atoms with Crippen molar-refractivity contribution < 1.29 is 14.3 Å². The van der Waals surface area contributed by atoms with E-state index >= 15 is 0 Å². The van der Waals surface area contributed by atoms with Crippen LogP contribution in [-0.2, 0) is 4.79 Å². The molecule has 2 rings (SSSR count). The van der Waals surface area contributed by atoms with Crippen LogP contribution in [0.15, 0.2) is 24.3 Å². The van der Waals surface area contributed by atoms with Crippen LogP contribution in [0.4, 0.5) is 4.39 Å². The minimum atomic E-state index is -0.755. The Morgan fingerprint density at radius 3 is 3.00 bits per heavy atom. The highest BCUT2D eigenvalue weighted by molar-refractivity contribution is 5.66. The third-order valence-corrected chi connectivity index (χ3v) is 3.83. The molecule has 1 aliphatic rings. The van der Waals surface area contributed by atoms with Gasteiger partial charge in [-0.25, -0.2) is 4.39 Å². The van der Waals surface area contributed by atoms with Crippen LogP contribution in [-0.4, -0.2) is 29.1 Å². The Kier molecular flexibility index (Phi) is 4.53. The molecule has 1 fully saturated rings. The SMILES string of the molecule is C[C@@H]1CCN(CCCC(=O)O)[C@@H]1c1cccc(F)c1. The first kappa shape index (κ1) is 14.0. The topological polar surface area (TPSA) is 40.5 Å². The molecule has 4 heteroatoms.